The van der Waals surface area contributed by atoms with Crippen LogP contribution in [0.15, 0.2) is 59.5 Å². The molecule has 4 rings (SSSR count). The van der Waals surface area contributed by atoms with Gasteiger partial charge in [0, 0.05) is 11.8 Å². The van der Waals surface area contributed by atoms with E-state index in [1.54, 1.807) is 18.2 Å². The topological polar surface area (TPSA) is 122 Å². The average molecular weight is 587 g/mol. The van der Waals surface area contributed by atoms with Crippen LogP contribution in [0, 0.1) is 0 Å². The third kappa shape index (κ3) is 6.19. The summed E-state index contributed by atoms with van der Waals surface area (Å²) in [6.07, 6.45) is 1.46. The molecule has 0 unspecified atom stereocenters. The Morgan fingerprint density at radius 2 is 1.77 bits per heavy atom. The van der Waals surface area contributed by atoms with Crippen molar-refractivity contribution in [3.63, 3.8) is 0 Å². The Morgan fingerprint density at radius 3 is 2.46 bits per heavy atom. The predicted octanol–water partition coefficient (Wildman–Crippen LogP) is 5.98. The molecule has 39 heavy (non-hydrogen) atoms. The number of aromatic hydroxyl groups is 1. The van der Waals surface area contributed by atoms with Crippen molar-refractivity contribution in [1.82, 2.24) is 4.90 Å². The zero-order valence-corrected chi connectivity index (χ0v) is 22.8. The summed E-state index contributed by atoms with van der Waals surface area (Å²) in [5, 5.41) is 13.2. The minimum atomic E-state index is -0.650. The van der Waals surface area contributed by atoms with E-state index in [0.717, 1.165) is 16.7 Å². The number of nitrogens with one attached hydrogen (secondary N) is 1. The zero-order chi connectivity index (χ0) is 28.3. The van der Waals surface area contributed by atoms with E-state index in [0.29, 0.717) is 26.9 Å². The molecule has 3 amide bonds. The predicted molar refractivity (Wildman–Crippen MR) is 148 cm³/mol. The molecule has 1 aliphatic rings. The minimum Gasteiger partial charge on any atom is -0.507 e. The number of benzene rings is 3. The summed E-state index contributed by atoms with van der Waals surface area (Å²) in [5.74, 6) is -1.86. The fourth-order valence-corrected chi connectivity index (χ4v) is 4.84. The molecule has 0 radical (unpaired) electrons. The third-order valence-electron chi connectivity index (χ3n) is 5.63. The number of hydrogen-bond acceptors (Lipinski definition) is 8. The van der Waals surface area contributed by atoms with Gasteiger partial charge in [-0.1, -0.05) is 35.3 Å². The Bertz CT molecular complexity index is 1540. The molecule has 0 saturated carbocycles. The summed E-state index contributed by atoms with van der Waals surface area (Å²) in [6, 6.07) is 13.4. The lowest BCUT2D eigenvalue weighted by Gasteiger charge is -2.13. The van der Waals surface area contributed by atoms with E-state index in [9.17, 15) is 24.3 Å². The Kier molecular flexibility index (Phi) is 8.49. The average Bonchev–Trinajstić information content (AvgIpc) is 3.18. The van der Waals surface area contributed by atoms with E-state index in [1.807, 2.05) is 0 Å². The van der Waals surface area contributed by atoms with E-state index < -0.39 is 23.0 Å². The molecule has 1 fully saturated rings. The molecule has 0 aliphatic carbocycles. The number of hydrogen-bond donors (Lipinski definition) is 2. The number of phenolic OH excluding ortho intramolecular Hbond substituents is 1. The second-order valence-electron chi connectivity index (χ2n) is 8.15. The number of ether oxygens (including phenoxy) is 2. The first-order valence-corrected chi connectivity index (χ1v) is 12.8. The lowest BCUT2D eigenvalue weighted by atomic mass is 10.1. The van der Waals surface area contributed by atoms with Crippen LogP contribution in [0.4, 0.5) is 10.5 Å². The number of carbonyl (C=O) groups is 4. The van der Waals surface area contributed by atoms with Crippen molar-refractivity contribution in [3.8, 4) is 11.5 Å². The van der Waals surface area contributed by atoms with Gasteiger partial charge in [0.25, 0.3) is 17.1 Å². The van der Waals surface area contributed by atoms with Crippen molar-refractivity contribution >= 4 is 69.8 Å². The maximum atomic E-state index is 12.9. The number of carbonyl (C=O) groups excluding carboxylic acids is 4. The standard InChI is InChI=1S/C27H20Cl2N2O7S/c1-37-22-12-16(5-6-17(22)26(35)38-2)30-24(33)18-9-14(4-8-21(18)32)11-23-25(34)31(27(36)39-23)13-15-3-7-19(28)20(29)10-15/h3-12,32H,13H2,1-2H3,(H,30,33)/b23-11+. The Labute approximate surface area is 237 Å². The van der Waals surface area contributed by atoms with Crippen LogP contribution >= 0.6 is 35.0 Å². The van der Waals surface area contributed by atoms with Crippen LogP contribution in [0.5, 0.6) is 11.5 Å². The van der Waals surface area contributed by atoms with Gasteiger partial charge in [0.15, 0.2) is 0 Å². The van der Waals surface area contributed by atoms with Gasteiger partial charge < -0.3 is 19.9 Å². The van der Waals surface area contributed by atoms with E-state index in [4.69, 9.17) is 32.7 Å². The third-order valence-corrected chi connectivity index (χ3v) is 7.27. The summed E-state index contributed by atoms with van der Waals surface area (Å²) in [4.78, 5) is 51.5. The monoisotopic (exact) mass is 586 g/mol. The molecule has 12 heteroatoms. The highest BCUT2D eigenvalue weighted by Crippen LogP contribution is 2.35. The molecule has 0 bridgehead atoms. The molecule has 0 spiro atoms. The molecule has 1 saturated heterocycles. The molecular formula is C27H20Cl2N2O7S. The second kappa shape index (κ2) is 11.8. The molecule has 2 N–H and O–H groups in total. The lowest BCUT2D eigenvalue weighted by molar-refractivity contribution is -0.123. The molecule has 3 aromatic carbocycles. The number of anilines is 1. The van der Waals surface area contributed by atoms with Crippen LogP contribution in [0.1, 0.15) is 31.8 Å². The van der Waals surface area contributed by atoms with Gasteiger partial charge >= 0.3 is 5.97 Å². The second-order valence-corrected chi connectivity index (χ2v) is 9.96. The van der Waals surface area contributed by atoms with E-state index in [2.05, 4.69) is 5.32 Å². The summed E-state index contributed by atoms with van der Waals surface area (Å²) in [5.41, 5.74) is 1.45. The fourth-order valence-electron chi connectivity index (χ4n) is 3.68. The highest BCUT2D eigenvalue weighted by molar-refractivity contribution is 8.18. The molecule has 9 nitrogen and oxygen atoms in total. The maximum Gasteiger partial charge on any atom is 0.341 e. The molecule has 0 aromatic heterocycles. The number of nitrogens with zero attached hydrogens (tertiary/aromatic N) is 1. The summed E-state index contributed by atoms with van der Waals surface area (Å²) in [7, 11) is 2.61. The molecule has 200 valence electrons. The molecule has 1 aliphatic heterocycles. The molecular weight excluding hydrogens is 567 g/mol. The van der Waals surface area contributed by atoms with Crippen LogP contribution < -0.4 is 10.1 Å². The summed E-state index contributed by atoms with van der Waals surface area (Å²) in [6.45, 7) is 0.0142. The molecule has 3 aromatic rings. The number of methoxy groups -OCH3 is 2. The maximum absolute atomic E-state index is 12.9. The van der Waals surface area contributed by atoms with Gasteiger partial charge in [0.1, 0.15) is 17.1 Å². The largest absolute Gasteiger partial charge is 0.507 e. The van der Waals surface area contributed by atoms with Gasteiger partial charge in [-0.15, -0.1) is 0 Å². The summed E-state index contributed by atoms with van der Waals surface area (Å²) < 4.78 is 9.91. The van der Waals surface area contributed by atoms with Crippen molar-refractivity contribution in [1.29, 1.82) is 0 Å². The van der Waals surface area contributed by atoms with Gasteiger partial charge in [-0.2, -0.15) is 0 Å². The quantitative estimate of drug-likeness (QED) is 0.256. The van der Waals surface area contributed by atoms with Crippen molar-refractivity contribution in [2.75, 3.05) is 19.5 Å². The lowest BCUT2D eigenvalue weighted by Crippen LogP contribution is -2.27. The first-order chi connectivity index (χ1) is 18.6. The SMILES string of the molecule is COC(=O)c1ccc(NC(=O)c2cc(/C=C3/SC(=O)N(Cc4ccc(Cl)c(Cl)c4)C3=O)ccc2O)cc1OC. The highest BCUT2D eigenvalue weighted by Gasteiger charge is 2.35. The number of phenols is 1. The highest BCUT2D eigenvalue weighted by atomic mass is 35.5. The van der Waals surface area contributed by atoms with Crippen molar-refractivity contribution < 1.29 is 33.8 Å². The zero-order valence-electron chi connectivity index (χ0n) is 20.5. The van der Waals surface area contributed by atoms with Crippen LogP contribution in [-0.4, -0.2) is 47.2 Å². The minimum absolute atomic E-state index is 0.0142. The smallest absolute Gasteiger partial charge is 0.341 e. The number of esters is 1. The first-order valence-electron chi connectivity index (χ1n) is 11.2. The number of imide groups is 1. The summed E-state index contributed by atoms with van der Waals surface area (Å²) >= 11 is 12.7. The van der Waals surface area contributed by atoms with Crippen LogP contribution in [0.3, 0.4) is 0 Å². The number of amides is 3. The normalized spacial score (nSPS) is 14.1. The Hall–Kier alpha value is -3.99. The van der Waals surface area contributed by atoms with E-state index in [1.165, 1.54) is 56.7 Å². The molecule has 0 atom stereocenters. The van der Waals surface area contributed by atoms with Crippen molar-refractivity contribution in [2.45, 2.75) is 6.54 Å². The molecule has 1 heterocycles. The number of halogens is 2. The van der Waals surface area contributed by atoms with Crippen LogP contribution in [-0.2, 0) is 16.1 Å². The van der Waals surface area contributed by atoms with Gasteiger partial charge in [-0.3, -0.25) is 19.3 Å². The van der Waals surface area contributed by atoms with Gasteiger partial charge in [-0.05, 0) is 65.4 Å². The van der Waals surface area contributed by atoms with Crippen LogP contribution in [0.2, 0.25) is 10.0 Å². The Morgan fingerprint density at radius 1 is 1.00 bits per heavy atom. The van der Waals surface area contributed by atoms with Crippen molar-refractivity contribution in [3.05, 3.63) is 91.8 Å². The van der Waals surface area contributed by atoms with E-state index in [-0.39, 0.29) is 34.1 Å². The van der Waals surface area contributed by atoms with Gasteiger partial charge in [0.05, 0.1) is 41.3 Å². The van der Waals surface area contributed by atoms with Gasteiger partial charge in [-0.25, -0.2) is 4.79 Å². The first kappa shape index (κ1) is 28.0. The van der Waals surface area contributed by atoms with E-state index >= 15 is 0 Å². The number of thioether (sulfide) groups is 1. The van der Waals surface area contributed by atoms with Gasteiger partial charge in [0.2, 0.25) is 0 Å². The van der Waals surface area contributed by atoms with Crippen molar-refractivity contribution in [2.24, 2.45) is 0 Å². The fraction of sp³-hybridized carbons (Fsp3) is 0.111. The van der Waals surface area contributed by atoms with Crippen LogP contribution in [0.25, 0.3) is 6.08 Å². The number of rotatable bonds is 7. The Balaban J connectivity index is 1.53.